The number of nitrogens with two attached hydrogens (primary N) is 2. The van der Waals surface area contributed by atoms with Crippen molar-refractivity contribution in [2.75, 3.05) is 61.3 Å². The van der Waals surface area contributed by atoms with Gasteiger partial charge in [-0.3, -0.25) is 14.4 Å². The van der Waals surface area contributed by atoms with Gasteiger partial charge in [-0.1, -0.05) is 30.7 Å². The maximum absolute atomic E-state index is 14.4. The number of nitrogens with one attached hydrogen (secondary N) is 1. The average molecular weight is 795 g/mol. The lowest BCUT2D eigenvalue weighted by atomic mass is 10.1. The topological polar surface area (TPSA) is 179 Å². The molecule has 15 nitrogen and oxygen atoms in total. The highest BCUT2D eigenvalue weighted by Crippen LogP contribution is 2.35. The summed E-state index contributed by atoms with van der Waals surface area (Å²) in [5.41, 5.74) is 9.16. The van der Waals surface area contributed by atoms with Gasteiger partial charge in [-0.15, -0.1) is 5.10 Å². The fourth-order valence-electron chi connectivity index (χ4n) is 7.02. The van der Waals surface area contributed by atoms with E-state index in [1.807, 2.05) is 30.0 Å². The molecule has 2 aliphatic heterocycles. The Morgan fingerprint density at radius 1 is 1.05 bits per heavy atom. The number of amides is 2. The van der Waals surface area contributed by atoms with Gasteiger partial charge in [0.05, 0.1) is 59.2 Å². The van der Waals surface area contributed by atoms with Gasteiger partial charge < -0.3 is 39.9 Å². The van der Waals surface area contributed by atoms with Crippen molar-refractivity contribution in [2.24, 2.45) is 5.84 Å². The monoisotopic (exact) mass is 794 g/mol. The third-order valence-electron chi connectivity index (χ3n) is 9.85. The number of fused-ring (bicyclic) bond motifs is 2. The van der Waals surface area contributed by atoms with Crippen molar-refractivity contribution in [3.8, 4) is 17.1 Å². The Bertz CT molecular complexity index is 2430. The van der Waals surface area contributed by atoms with Crippen LogP contribution < -0.4 is 37.1 Å². The number of benzene rings is 3. The van der Waals surface area contributed by atoms with Crippen molar-refractivity contribution in [3.05, 3.63) is 91.9 Å². The standard InChI is InChI=1S/C37H38ClF3N10O5/c1-4-28-32(48-9-11-49(12-10-48)34(53)24-15-26(42)29(47(2)43)16-30(24)55-3)35(54)51-36(45-33(46-51)20-5-6-21-18-56-19-22(21)13-20)50(28)17-31(52)44-27-8-7-23(14-25(27)38)37(39,40)41/h5-8,13-16H,4,9-12,17-19,42-43H2,1-3H3,(H,44,52). The normalized spacial score (nSPS) is 14.3. The molecule has 0 spiro atoms. The van der Waals surface area contributed by atoms with E-state index in [1.54, 1.807) is 22.6 Å². The van der Waals surface area contributed by atoms with Crippen LogP contribution in [0.2, 0.25) is 5.02 Å². The number of rotatable bonds is 9. The summed E-state index contributed by atoms with van der Waals surface area (Å²) in [4.78, 5) is 50.0. The lowest BCUT2D eigenvalue weighted by Gasteiger charge is -2.37. The van der Waals surface area contributed by atoms with Crippen LogP contribution in [0, 0.1) is 0 Å². The number of piperazine rings is 1. The molecule has 7 rings (SSSR count). The SMILES string of the molecule is CCc1c(N2CCN(C(=O)c3cc(N)c(N(C)N)cc3OC)CC2)c(=O)n2nc(-c3ccc4c(c3)COC4)nc2n1CC(=O)Nc1ccc(C(F)(F)F)cc1Cl. The number of ether oxygens (including phenoxy) is 2. The van der Waals surface area contributed by atoms with Gasteiger partial charge in [0, 0.05) is 44.9 Å². The Morgan fingerprint density at radius 2 is 1.79 bits per heavy atom. The number of methoxy groups -OCH3 is 1. The van der Waals surface area contributed by atoms with Gasteiger partial charge >= 0.3 is 6.18 Å². The molecule has 294 valence electrons. The summed E-state index contributed by atoms with van der Waals surface area (Å²) >= 11 is 6.16. The first kappa shape index (κ1) is 38.4. The molecule has 5 N–H and O–H groups in total. The number of hydrogen-bond donors (Lipinski definition) is 3. The molecule has 2 aromatic heterocycles. The molecule has 3 aromatic carbocycles. The highest BCUT2D eigenvalue weighted by Gasteiger charge is 2.32. The minimum Gasteiger partial charge on any atom is -0.496 e. The quantitative estimate of drug-likeness (QED) is 0.110. The molecular weight excluding hydrogens is 757 g/mol. The molecule has 0 radical (unpaired) electrons. The van der Waals surface area contributed by atoms with Crippen LogP contribution in [0.3, 0.4) is 0 Å². The summed E-state index contributed by atoms with van der Waals surface area (Å²) < 4.78 is 53.6. The van der Waals surface area contributed by atoms with E-state index in [-0.39, 0.29) is 78.6 Å². The van der Waals surface area contributed by atoms with E-state index < -0.39 is 23.2 Å². The fraction of sp³-hybridized carbons (Fsp3) is 0.324. The van der Waals surface area contributed by atoms with Crippen LogP contribution in [0.5, 0.6) is 5.75 Å². The van der Waals surface area contributed by atoms with Crippen LogP contribution in [0.4, 0.5) is 35.9 Å². The number of halogens is 4. The Kier molecular flexibility index (Phi) is 10.3. The Labute approximate surface area is 323 Å². The Morgan fingerprint density at radius 3 is 2.45 bits per heavy atom. The first-order valence-electron chi connectivity index (χ1n) is 17.6. The average Bonchev–Trinajstić information content (AvgIpc) is 3.84. The smallest absolute Gasteiger partial charge is 0.416 e. The van der Waals surface area contributed by atoms with Crippen LogP contribution >= 0.6 is 11.6 Å². The van der Waals surface area contributed by atoms with Crippen LogP contribution in [0.15, 0.2) is 53.3 Å². The van der Waals surface area contributed by atoms with Gasteiger partial charge in [0.1, 0.15) is 18.0 Å². The summed E-state index contributed by atoms with van der Waals surface area (Å²) in [6, 6.07) is 11.4. The number of hydrazine groups is 1. The lowest BCUT2D eigenvalue weighted by molar-refractivity contribution is -0.137. The second kappa shape index (κ2) is 15.0. The molecule has 2 amide bonds. The summed E-state index contributed by atoms with van der Waals surface area (Å²) in [5.74, 6) is 5.56. The van der Waals surface area contributed by atoms with Crippen molar-refractivity contribution < 1.29 is 32.2 Å². The molecule has 5 aromatic rings. The molecule has 0 bridgehead atoms. The van der Waals surface area contributed by atoms with Crippen LogP contribution in [0.25, 0.3) is 17.2 Å². The van der Waals surface area contributed by atoms with Crippen molar-refractivity contribution in [3.63, 3.8) is 0 Å². The van der Waals surface area contributed by atoms with E-state index in [0.717, 1.165) is 33.8 Å². The molecule has 19 heteroatoms. The van der Waals surface area contributed by atoms with E-state index in [1.165, 1.54) is 18.2 Å². The van der Waals surface area contributed by atoms with Crippen LogP contribution in [-0.2, 0) is 41.9 Å². The molecule has 0 saturated carbocycles. The van der Waals surface area contributed by atoms with Crippen molar-refractivity contribution in [2.45, 2.75) is 39.3 Å². The molecule has 0 unspecified atom stereocenters. The maximum atomic E-state index is 14.4. The molecule has 1 saturated heterocycles. The molecule has 4 heterocycles. The second-order valence-electron chi connectivity index (χ2n) is 13.4. The van der Waals surface area contributed by atoms with E-state index in [9.17, 15) is 27.6 Å². The van der Waals surface area contributed by atoms with Gasteiger partial charge in [-0.25, -0.2) is 5.84 Å². The molecule has 0 aliphatic carbocycles. The highest BCUT2D eigenvalue weighted by atomic mass is 35.5. The minimum absolute atomic E-state index is 0.0219. The largest absolute Gasteiger partial charge is 0.496 e. The molecule has 0 atom stereocenters. The number of anilines is 4. The third-order valence-corrected chi connectivity index (χ3v) is 10.2. The molecule has 1 fully saturated rings. The van der Waals surface area contributed by atoms with E-state index in [2.05, 4.69) is 10.4 Å². The second-order valence-corrected chi connectivity index (χ2v) is 13.8. The number of hydrogen-bond acceptors (Lipinski definition) is 11. The van der Waals surface area contributed by atoms with Gasteiger partial charge in [-0.05, 0) is 47.9 Å². The number of carbonyl (C=O) groups is 2. The van der Waals surface area contributed by atoms with Crippen molar-refractivity contribution in [1.82, 2.24) is 24.1 Å². The van der Waals surface area contributed by atoms with Crippen LogP contribution in [0.1, 0.15) is 39.7 Å². The molecule has 56 heavy (non-hydrogen) atoms. The number of carbonyl (C=O) groups excluding carboxylic acids is 2. The van der Waals surface area contributed by atoms with E-state index in [0.29, 0.717) is 41.6 Å². The zero-order valence-electron chi connectivity index (χ0n) is 30.6. The molecule has 2 aliphatic rings. The fourth-order valence-corrected chi connectivity index (χ4v) is 7.25. The molecular formula is C37H38ClF3N10O5. The van der Waals surface area contributed by atoms with Gasteiger partial charge in [0.25, 0.3) is 11.5 Å². The summed E-state index contributed by atoms with van der Waals surface area (Å²) in [7, 11) is 3.06. The first-order valence-corrected chi connectivity index (χ1v) is 17.9. The summed E-state index contributed by atoms with van der Waals surface area (Å²) in [6.45, 7) is 3.31. The lowest BCUT2D eigenvalue weighted by Crippen LogP contribution is -2.51. The predicted molar refractivity (Wildman–Crippen MR) is 204 cm³/mol. The summed E-state index contributed by atoms with van der Waals surface area (Å²) in [6.07, 6.45) is -4.34. The van der Waals surface area contributed by atoms with Gasteiger partial charge in [0.15, 0.2) is 5.82 Å². The summed E-state index contributed by atoms with van der Waals surface area (Å²) in [5, 5.41) is 8.23. The zero-order chi connectivity index (χ0) is 40.1. The Hall–Kier alpha value is -5.85. The van der Waals surface area contributed by atoms with Gasteiger partial charge in [-0.2, -0.15) is 22.7 Å². The minimum atomic E-state index is -4.62. The third kappa shape index (κ3) is 7.17. The van der Waals surface area contributed by atoms with Crippen molar-refractivity contribution >= 4 is 51.9 Å². The van der Waals surface area contributed by atoms with Crippen LogP contribution in [-0.4, -0.2) is 76.2 Å². The number of nitrogens with zero attached hydrogens (tertiary/aromatic N) is 7. The first-order chi connectivity index (χ1) is 26.7. The van der Waals surface area contributed by atoms with Crippen molar-refractivity contribution in [1.29, 1.82) is 0 Å². The number of aromatic nitrogens is 4. The zero-order valence-corrected chi connectivity index (χ0v) is 31.4. The maximum Gasteiger partial charge on any atom is 0.416 e. The van der Waals surface area contributed by atoms with E-state index >= 15 is 0 Å². The Balaban J connectivity index is 1.24. The predicted octanol–water partition coefficient (Wildman–Crippen LogP) is 4.32. The number of nitrogen functional groups attached to an aromatic ring is 1. The van der Waals surface area contributed by atoms with Gasteiger partial charge in [0.2, 0.25) is 11.7 Å². The number of alkyl halides is 3. The highest BCUT2D eigenvalue weighted by molar-refractivity contribution is 6.33. The van der Waals surface area contributed by atoms with E-state index in [4.69, 9.17) is 37.6 Å².